The quantitative estimate of drug-likeness (QED) is 0.449. The minimum absolute atomic E-state index is 0.311. The van der Waals surface area contributed by atoms with Gasteiger partial charge in [-0.2, -0.15) is 0 Å². The molecule has 0 radical (unpaired) electrons. The van der Waals surface area contributed by atoms with Crippen molar-refractivity contribution in [2.45, 2.75) is 83.1 Å². The molecule has 1 saturated heterocycles. The number of rotatable bonds is 4. The minimum atomic E-state index is 0.311. The van der Waals surface area contributed by atoms with E-state index in [9.17, 15) is 0 Å². The van der Waals surface area contributed by atoms with E-state index in [1.165, 1.54) is 32.1 Å². The smallest absolute Gasteiger partial charge is 0.0333 e. The van der Waals surface area contributed by atoms with E-state index in [-0.39, 0.29) is 0 Å². The fourth-order valence-corrected chi connectivity index (χ4v) is 3.55. The molecule has 1 aliphatic carbocycles. The van der Waals surface area contributed by atoms with Gasteiger partial charge in [0.05, 0.1) is 0 Å². The van der Waals surface area contributed by atoms with Crippen LogP contribution < -0.4 is 21.9 Å². The average molecular weight is 254 g/mol. The van der Waals surface area contributed by atoms with Crippen molar-refractivity contribution in [2.24, 2.45) is 11.8 Å². The summed E-state index contributed by atoms with van der Waals surface area (Å²) in [4.78, 5) is 0. The molecule has 6 unspecified atom stereocenters. The summed E-state index contributed by atoms with van der Waals surface area (Å²) < 4.78 is 0. The lowest BCUT2D eigenvalue weighted by Gasteiger charge is -2.45. The van der Waals surface area contributed by atoms with Gasteiger partial charge in [0.15, 0.2) is 0 Å². The molecule has 2 rings (SSSR count). The van der Waals surface area contributed by atoms with E-state index >= 15 is 0 Å². The Morgan fingerprint density at radius 1 is 1.11 bits per heavy atom. The zero-order valence-corrected chi connectivity index (χ0v) is 12.1. The summed E-state index contributed by atoms with van der Waals surface area (Å²) in [7, 11) is 0. The molecule has 2 aliphatic rings. The summed E-state index contributed by atoms with van der Waals surface area (Å²) in [6, 6.07) is 2.67. The van der Waals surface area contributed by atoms with Crippen LogP contribution in [0.2, 0.25) is 0 Å². The SMILES string of the molecule is CC1CCC2CCCC(NC(C)C(C)NN)C2N1. The van der Waals surface area contributed by atoms with Crippen LogP contribution in [-0.2, 0) is 0 Å². The van der Waals surface area contributed by atoms with E-state index in [4.69, 9.17) is 5.84 Å². The first-order valence-electron chi connectivity index (χ1n) is 7.60. The standard InChI is InChI=1S/C14H30N4/c1-9-7-8-12-5-4-6-13(14(12)16-9)17-10(2)11(3)18-15/h9-14,16-18H,4-8,15H2,1-3H3. The maximum absolute atomic E-state index is 5.53. The van der Waals surface area contributed by atoms with Crippen molar-refractivity contribution in [2.75, 3.05) is 0 Å². The molecule has 1 heterocycles. The molecule has 4 nitrogen and oxygen atoms in total. The van der Waals surface area contributed by atoms with E-state index in [2.05, 4.69) is 36.8 Å². The monoisotopic (exact) mass is 254 g/mol. The first kappa shape index (κ1) is 14.3. The number of piperidine rings is 1. The molecule has 5 N–H and O–H groups in total. The van der Waals surface area contributed by atoms with Gasteiger partial charge in [-0.1, -0.05) is 6.42 Å². The lowest BCUT2D eigenvalue weighted by atomic mass is 9.75. The Balaban J connectivity index is 1.93. The van der Waals surface area contributed by atoms with Crippen LogP contribution in [0.5, 0.6) is 0 Å². The van der Waals surface area contributed by atoms with Crippen LogP contribution in [0.1, 0.15) is 52.9 Å². The maximum atomic E-state index is 5.53. The summed E-state index contributed by atoms with van der Waals surface area (Å²) in [5.74, 6) is 6.40. The maximum Gasteiger partial charge on any atom is 0.0333 e. The predicted octanol–water partition coefficient (Wildman–Crippen LogP) is 1.13. The average Bonchev–Trinajstić information content (AvgIpc) is 2.38. The summed E-state index contributed by atoms with van der Waals surface area (Å²) in [5.41, 5.74) is 2.85. The van der Waals surface area contributed by atoms with Gasteiger partial charge in [-0.05, 0) is 52.4 Å². The van der Waals surface area contributed by atoms with Crippen LogP contribution in [0, 0.1) is 5.92 Å². The Labute approximate surface area is 111 Å². The molecule has 0 aromatic carbocycles. The van der Waals surface area contributed by atoms with E-state index < -0.39 is 0 Å². The van der Waals surface area contributed by atoms with Crippen LogP contribution >= 0.6 is 0 Å². The topological polar surface area (TPSA) is 62.1 Å². The predicted molar refractivity (Wildman–Crippen MR) is 76.1 cm³/mol. The molecule has 6 atom stereocenters. The van der Waals surface area contributed by atoms with Crippen molar-refractivity contribution in [3.63, 3.8) is 0 Å². The molecular weight excluding hydrogens is 224 g/mol. The number of nitrogens with two attached hydrogens (primary N) is 1. The molecule has 18 heavy (non-hydrogen) atoms. The fraction of sp³-hybridized carbons (Fsp3) is 1.00. The highest BCUT2D eigenvalue weighted by molar-refractivity contribution is 4.97. The number of fused-ring (bicyclic) bond motifs is 1. The van der Waals surface area contributed by atoms with Gasteiger partial charge in [-0.25, -0.2) is 0 Å². The van der Waals surface area contributed by atoms with E-state index in [0.717, 1.165) is 5.92 Å². The fourth-order valence-electron chi connectivity index (χ4n) is 3.55. The first-order chi connectivity index (χ1) is 8.61. The van der Waals surface area contributed by atoms with E-state index in [1.54, 1.807) is 0 Å². The van der Waals surface area contributed by atoms with Gasteiger partial charge in [0, 0.05) is 30.2 Å². The third-order valence-electron chi connectivity index (χ3n) is 4.97. The van der Waals surface area contributed by atoms with Gasteiger partial charge in [-0.3, -0.25) is 11.3 Å². The Bertz CT molecular complexity index is 258. The highest BCUT2D eigenvalue weighted by Gasteiger charge is 2.37. The second-order valence-corrected chi connectivity index (χ2v) is 6.38. The summed E-state index contributed by atoms with van der Waals surface area (Å²) in [6.45, 7) is 6.67. The number of hydrogen-bond donors (Lipinski definition) is 4. The molecule has 0 aromatic heterocycles. The molecule has 0 bridgehead atoms. The normalized spacial score (nSPS) is 40.0. The largest absolute Gasteiger partial charge is 0.310 e. The molecule has 0 aromatic rings. The third kappa shape index (κ3) is 3.23. The van der Waals surface area contributed by atoms with Gasteiger partial charge in [-0.15, -0.1) is 0 Å². The number of hydrazine groups is 1. The summed E-state index contributed by atoms with van der Waals surface area (Å²) >= 11 is 0. The molecule has 2 fully saturated rings. The van der Waals surface area contributed by atoms with Gasteiger partial charge >= 0.3 is 0 Å². The van der Waals surface area contributed by atoms with E-state index in [0.29, 0.717) is 30.2 Å². The van der Waals surface area contributed by atoms with Crippen molar-refractivity contribution in [3.8, 4) is 0 Å². The Morgan fingerprint density at radius 2 is 1.89 bits per heavy atom. The van der Waals surface area contributed by atoms with Gasteiger partial charge in [0.2, 0.25) is 0 Å². The highest BCUT2D eigenvalue weighted by atomic mass is 15.2. The molecule has 4 heteroatoms. The zero-order chi connectivity index (χ0) is 13.1. The zero-order valence-electron chi connectivity index (χ0n) is 12.1. The van der Waals surface area contributed by atoms with Gasteiger partial charge in [0.25, 0.3) is 0 Å². The lowest BCUT2D eigenvalue weighted by molar-refractivity contribution is 0.134. The van der Waals surface area contributed by atoms with Crippen molar-refractivity contribution in [1.29, 1.82) is 0 Å². The van der Waals surface area contributed by atoms with Crippen LogP contribution in [0.15, 0.2) is 0 Å². The van der Waals surface area contributed by atoms with E-state index in [1.807, 2.05) is 0 Å². The van der Waals surface area contributed by atoms with Crippen LogP contribution in [0.25, 0.3) is 0 Å². The molecule has 1 aliphatic heterocycles. The molecule has 106 valence electrons. The lowest BCUT2D eigenvalue weighted by Crippen LogP contribution is -2.62. The van der Waals surface area contributed by atoms with Crippen molar-refractivity contribution in [1.82, 2.24) is 16.1 Å². The molecular formula is C14H30N4. The third-order valence-corrected chi connectivity index (χ3v) is 4.97. The van der Waals surface area contributed by atoms with Crippen LogP contribution in [0.3, 0.4) is 0 Å². The minimum Gasteiger partial charge on any atom is -0.310 e. The number of nitrogens with one attached hydrogen (secondary N) is 3. The van der Waals surface area contributed by atoms with Crippen molar-refractivity contribution in [3.05, 3.63) is 0 Å². The molecule has 1 saturated carbocycles. The van der Waals surface area contributed by atoms with Crippen molar-refractivity contribution < 1.29 is 0 Å². The van der Waals surface area contributed by atoms with Gasteiger partial charge in [0.1, 0.15) is 0 Å². The summed E-state index contributed by atoms with van der Waals surface area (Å²) in [6.07, 6.45) is 6.80. The Kier molecular flexibility index (Phi) is 5.01. The number of hydrogen-bond acceptors (Lipinski definition) is 4. The van der Waals surface area contributed by atoms with Crippen molar-refractivity contribution >= 4 is 0 Å². The van der Waals surface area contributed by atoms with Crippen LogP contribution in [-0.4, -0.2) is 30.2 Å². The second kappa shape index (κ2) is 6.33. The van der Waals surface area contributed by atoms with Gasteiger partial charge < -0.3 is 10.6 Å². The highest BCUT2D eigenvalue weighted by Crippen LogP contribution is 2.32. The summed E-state index contributed by atoms with van der Waals surface area (Å²) in [5, 5.41) is 7.60. The Hall–Kier alpha value is -0.160. The molecule has 0 amide bonds. The van der Waals surface area contributed by atoms with Crippen LogP contribution in [0.4, 0.5) is 0 Å². The molecule has 0 spiro atoms. The first-order valence-corrected chi connectivity index (χ1v) is 7.60. The Morgan fingerprint density at radius 3 is 2.61 bits per heavy atom. The second-order valence-electron chi connectivity index (χ2n) is 6.38.